The van der Waals surface area contributed by atoms with Gasteiger partial charge in [0.15, 0.2) is 0 Å². The minimum atomic E-state index is -1.44. The first-order valence-corrected chi connectivity index (χ1v) is 8.14. The van der Waals surface area contributed by atoms with E-state index in [0.29, 0.717) is 0 Å². The Morgan fingerprint density at radius 2 is 1.33 bits per heavy atom. The number of halogens is 2. The predicted molar refractivity (Wildman–Crippen MR) is 69.0 cm³/mol. The average Bonchev–Trinajstić information content (AvgIpc) is 2.30. The molecular formula is C12H9Cl2Si. The zero-order valence-corrected chi connectivity index (χ0v) is 10.5. The van der Waals surface area contributed by atoms with Crippen molar-refractivity contribution in [3.8, 4) is 11.1 Å². The number of hydrogen-bond donors (Lipinski definition) is 0. The van der Waals surface area contributed by atoms with E-state index in [0.717, 1.165) is 16.3 Å². The van der Waals surface area contributed by atoms with Crippen LogP contribution in [0.1, 0.15) is 0 Å². The average molecular weight is 252 g/mol. The Balaban J connectivity index is 2.53. The Labute approximate surface area is 100 Å². The summed E-state index contributed by atoms with van der Waals surface area (Å²) in [6.45, 7) is 0. The molecule has 75 valence electrons. The third kappa shape index (κ3) is 2.43. The zero-order chi connectivity index (χ0) is 10.7. The highest BCUT2D eigenvalue weighted by Crippen LogP contribution is 2.18. The normalized spacial score (nSPS) is 10.6. The monoisotopic (exact) mass is 251 g/mol. The van der Waals surface area contributed by atoms with Crippen LogP contribution in [0.15, 0.2) is 54.6 Å². The van der Waals surface area contributed by atoms with Crippen molar-refractivity contribution >= 4 is 34.8 Å². The van der Waals surface area contributed by atoms with Crippen molar-refractivity contribution in [1.82, 2.24) is 0 Å². The standard InChI is InChI=1S/C12H9Cl2Si/c13-15(14)12-9-5-4-8-11(12)10-6-2-1-3-7-10/h1-9H. The highest BCUT2D eigenvalue weighted by Gasteiger charge is 2.12. The number of benzene rings is 2. The molecule has 0 aliphatic rings. The van der Waals surface area contributed by atoms with Gasteiger partial charge < -0.3 is 0 Å². The second-order valence-corrected chi connectivity index (χ2v) is 7.08. The van der Waals surface area contributed by atoms with E-state index in [9.17, 15) is 0 Å². The van der Waals surface area contributed by atoms with Gasteiger partial charge in [-0.05, 0) is 16.3 Å². The molecule has 0 saturated heterocycles. The summed E-state index contributed by atoms with van der Waals surface area (Å²) >= 11 is 12.1. The van der Waals surface area contributed by atoms with E-state index in [2.05, 4.69) is 18.2 Å². The molecule has 1 radical (unpaired) electrons. The van der Waals surface area contributed by atoms with Crippen molar-refractivity contribution in [2.24, 2.45) is 0 Å². The quantitative estimate of drug-likeness (QED) is 0.566. The van der Waals surface area contributed by atoms with E-state index in [1.54, 1.807) is 0 Å². The van der Waals surface area contributed by atoms with Crippen LogP contribution in [-0.4, -0.2) is 7.42 Å². The second kappa shape index (κ2) is 4.84. The minimum Gasteiger partial charge on any atom is -0.140 e. The SMILES string of the molecule is Cl[Si](Cl)c1ccccc1-c1ccccc1. The largest absolute Gasteiger partial charge is 0.307 e. The summed E-state index contributed by atoms with van der Waals surface area (Å²) in [7, 11) is -1.44. The fourth-order valence-corrected chi connectivity index (χ4v) is 3.16. The molecule has 2 aromatic carbocycles. The number of hydrogen-bond acceptors (Lipinski definition) is 0. The van der Waals surface area contributed by atoms with Gasteiger partial charge in [-0.25, -0.2) is 0 Å². The molecule has 0 unspecified atom stereocenters. The highest BCUT2D eigenvalue weighted by molar-refractivity contribution is 7.39. The van der Waals surface area contributed by atoms with E-state index >= 15 is 0 Å². The Morgan fingerprint density at radius 3 is 2.00 bits per heavy atom. The van der Waals surface area contributed by atoms with E-state index < -0.39 is 7.42 Å². The lowest BCUT2D eigenvalue weighted by atomic mass is 10.1. The molecule has 0 heterocycles. The molecule has 0 saturated carbocycles. The maximum Gasteiger partial charge on any atom is 0.307 e. The third-order valence-corrected chi connectivity index (χ3v) is 4.28. The molecule has 3 heteroatoms. The van der Waals surface area contributed by atoms with E-state index in [-0.39, 0.29) is 0 Å². The molecule has 0 aliphatic heterocycles. The summed E-state index contributed by atoms with van der Waals surface area (Å²) in [6, 6.07) is 18.2. The second-order valence-electron chi connectivity index (χ2n) is 3.17. The summed E-state index contributed by atoms with van der Waals surface area (Å²) in [4.78, 5) is 0. The van der Waals surface area contributed by atoms with Crippen molar-refractivity contribution in [1.29, 1.82) is 0 Å². The first kappa shape index (κ1) is 10.7. The molecule has 15 heavy (non-hydrogen) atoms. The van der Waals surface area contributed by atoms with Gasteiger partial charge in [0.2, 0.25) is 0 Å². The molecule has 0 atom stereocenters. The molecule has 0 N–H and O–H groups in total. The van der Waals surface area contributed by atoms with Crippen molar-refractivity contribution in [3.05, 3.63) is 54.6 Å². The molecule has 0 aromatic heterocycles. The zero-order valence-electron chi connectivity index (χ0n) is 7.95. The van der Waals surface area contributed by atoms with Crippen molar-refractivity contribution in [2.45, 2.75) is 0 Å². The minimum absolute atomic E-state index is 1.05. The molecule has 0 spiro atoms. The Bertz CT molecular complexity index is 440. The maximum atomic E-state index is 6.03. The molecule has 0 amide bonds. The maximum absolute atomic E-state index is 6.03. The molecule has 2 rings (SSSR count). The van der Waals surface area contributed by atoms with Crippen molar-refractivity contribution in [3.63, 3.8) is 0 Å². The van der Waals surface area contributed by atoms with Gasteiger partial charge in [-0.15, -0.1) is 22.2 Å². The molecule has 2 aromatic rings. The van der Waals surface area contributed by atoms with Crippen LogP contribution < -0.4 is 5.19 Å². The van der Waals surface area contributed by atoms with Crippen LogP contribution >= 0.6 is 22.2 Å². The van der Waals surface area contributed by atoms with E-state index in [4.69, 9.17) is 22.2 Å². The molecule has 0 bridgehead atoms. The first-order valence-electron chi connectivity index (χ1n) is 4.62. The van der Waals surface area contributed by atoms with Gasteiger partial charge in [0.25, 0.3) is 0 Å². The summed E-state index contributed by atoms with van der Waals surface area (Å²) < 4.78 is 0. The lowest BCUT2D eigenvalue weighted by Gasteiger charge is -2.08. The summed E-state index contributed by atoms with van der Waals surface area (Å²) in [5, 5.41) is 1.05. The van der Waals surface area contributed by atoms with Gasteiger partial charge in [-0.2, -0.15) is 0 Å². The van der Waals surface area contributed by atoms with Gasteiger partial charge in [0.05, 0.1) is 0 Å². The summed E-state index contributed by atoms with van der Waals surface area (Å²) in [6.07, 6.45) is 0. The van der Waals surface area contributed by atoms with E-state index in [1.165, 1.54) is 0 Å². The Hall–Kier alpha value is -0.763. The molecular weight excluding hydrogens is 243 g/mol. The first-order chi connectivity index (χ1) is 7.29. The van der Waals surface area contributed by atoms with Gasteiger partial charge in [0.1, 0.15) is 0 Å². The van der Waals surface area contributed by atoms with Crippen LogP contribution in [0, 0.1) is 0 Å². The van der Waals surface area contributed by atoms with Gasteiger partial charge >= 0.3 is 7.42 Å². The van der Waals surface area contributed by atoms with Crippen LogP contribution in [0.2, 0.25) is 0 Å². The lowest BCUT2D eigenvalue weighted by Crippen LogP contribution is -2.20. The van der Waals surface area contributed by atoms with Gasteiger partial charge in [-0.1, -0.05) is 54.6 Å². The van der Waals surface area contributed by atoms with Crippen LogP contribution in [0.5, 0.6) is 0 Å². The predicted octanol–water partition coefficient (Wildman–Crippen LogP) is 3.53. The molecule has 0 nitrogen and oxygen atoms in total. The fraction of sp³-hybridized carbons (Fsp3) is 0. The Kier molecular flexibility index (Phi) is 3.47. The molecule has 0 aliphatic carbocycles. The smallest absolute Gasteiger partial charge is 0.140 e. The van der Waals surface area contributed by atoms with Crippen molar-refractivity contribution < 1.29 is 0 Å². The van der Waals surface area contributed by atoms with Gasteiger partial charge in [0, 0.05) is 0 Å². The lowest BCUT2D eigenvalue weighted by molar-refractivity contribution is 1.65. The van der Waals surface area contributed by atoms with Crippen LogP contribution in [0.4, 0.5) is 0 Å². The summed E-state index contributed by atoms with van der Waals surface area (Å²) in [5.74, 6) is 0. The van der Waals surface area contributed by atoms with Gasteiger partial charge in [-0.3, -0.25) is 0 Å². The fourth-order valence-electron chi connectivity index (χ4n) is 1.52. The summed E-state index contributed by atoms with van der Waals surface area (Å²) in [5.41, 5.74) is 2.30. The number of rotatable bonds is 2. The van der Waals surface area contributed by atoms with Crippen LogP contribution in [0.3, 0.4) is 0 Å². The Morgan fingerprint density at radius 1 is 0.733 bits per heavy atom. The highest BCUT2D eigenvalue weighted by atomic mass is 35.7. The van der Waals surface area contributed by atoms with Crippen LogP contribution in [0.25, 0.3) is 11.1 Å². The van der Waals surface area contributed by atoms with Crippen molar-refractivity contribution in [2.75, 3.05) is 0 Å². The van der Waals surface area contributed by atoms with E-state index in [1.807, 2.05) is 36.4 Å². The molecule has 0 fully saturated rings. The van der Waals surface area contributed by atoms with Crippen LogP contribution in [-0.2, 0) is 0 Å². The topological polar surface area (TPSA) is 0 Å². The third-order valence-electron chi connectivity index (χ3n) is 2.22.